The van der Waals surface area contributed by atoms with Gasteiger partial charge in [0.2, 0.25) is 5.78 Å². The van der Waals surface area contributed by atoms with Crippen LogP contribution in [0.15, 0.2) is 34.6 Å². The number of hydrogen-bond donors (Lipinski definition) is 1. The van der Waals surface area contributed by atoms with E-state index in [1.807, 2.05) is 26.8 Å². The molecule has 1 saturated carbocycles. The molecule has 2 aliphatic carbocycles. The minimum absolute atomic E-state index is 0.00136. The summed E-state index contributed by atoms with van der Waals surface area (Å²) in [5.41, 5.74) is -0.160. The zero-order chi connectivity index (χ0) is 30.3. The number of carbonyl (C=O) groups is 3. The molecule has 0 amide bonds. The van der Waals surface area contributed by atoms with E-state index in [0.29, 0.717) is 30.4 Å². The molecule has 0 aromatic rings. The standard InChI is InChI=1S/C34H50O7/c1-9-11-12-13-28(36)40-30(20(3)10-2)21(4)22-18-24(35)23-19-25-33(7)16-14-26(32(5,6)38)39-27(33)15-17-34(25,8)41-31(23)29(22)37/h10,18,21,25-27,30,38H,9,11-17,19H2,1-8H3/b20-10+/t21-,25+,26+,27+,30+,33+,34+/m0/s1. The van der Waals surface area contributed by atoms with Gasteiger partial charge < -0.3 is 19.3 Å². The summed E-state index contributed by atoms with van der Waals surface area (Å²) in [6, 6.07) is 0. The molecule has 4 rings (SSSR count). The molecular formula is C34H50O7. The fourth-order valence-electron chi connectivity index (χ4n) is 7.59. The summed E-state index contributed by atoms with van der Waals surface area (Å²) < 4.78 is 19.0. The summed E-state index contributed by atoms with van der Waals surface area (Å²) in [5, 5.41) is 10.6. The molecule has 0 unspecified atom stereocenters. The van der Waals surface area contributed by atoms with Crippen molar-refractivity contribution in [3.8, 4) is 0 Å². The quantitative estimate of drug-likeness (QED) is 0.150. The molecule has 1 N–H and O–H groups in total. The first-order chi connectivity index (χ1) is 19.2. The van der Waals surface area contributed by atoms with E-state index in [0.717, 1.165) is 44.1 Å². The molecule has 228 valence electrons. The Labute approximate surface area is 245 Å². The first-order valence-corrected chi connectivity index (χ1v) is 15.6. The fourth-order valence-corrected chi connectivity index (χ4v) is 7.59. The predicted molar refractivity (Wildman–Crippen MR) is 157 cm³/mol. The van der Waals surface area contributed by atoms with Gasteiger partial charge in [0.15, 0.2) is 11.5 Å². The Morgan fingerprint density at radius 1 is 1.22 bits per heavy atom. The second-order valence-corrected chi connectivity index (χ2v) is 13.8. The van der Waals surface area contributed by atoms with Gasteiger partial charge in [0.25, 0.3) is 0 Å². The third-order valence-electron chi connectivity index (χ3n) is 10.4. The van der Waals surface area contributed by atoms with Crippen molar-refractivity contribution in [1.82, 2.24) is 0 Å². The minimum atomic E-state index is -0.919. The van der Waals surface area contributed by atoms with Gasteiger partial charge in [-0.2, -0.15) is 0 Å². The zero-order valence-electron chi connectivity index (χ0n) is 26.3. The first-order valence-electron chi connectivity index (χ1n) is 15.6. The number of hydrogen-bond acceptors (Lipinski definition) is 7. The monoisotopic (exact) mass is 570 g/mol. The molecule has 2 aliphatic heterocycles. The molecule has 4 aliphatic rings. The van der Waals surface area contributed by atoms with Gasteiger partial charge in [-0.3, -0.25) is 14.4 Å². The number of Topliss-reactive ketones (excluding diaryl/α,β-unsaturated/α-hetero) is 1. The maximum atomic E-state index is 14.0. The summed E-state index contributed by atoms with van der Waals surface area (Å²) in [4.78, 5) is 40.2. The van der Waals surface area contributed by atoms with Crippen LogP contribution < -0.4 is 0 Å². The summed E-state index contributed by atoms with van der Waals surface area (Å²) in [7, 11) is 0. The van der Waals surface area contributed by atoms with Crippen LogP contribution in [0.4, 0.5) is 0 Å². The Bertz CT molecular complexity index is 1150. The Morgan fingerprint density at radius 2 is 1.93 bits per heavy atom. The number of ketones is 2. The lowest BCUT2D eigenvalue weighted by atomic mass is 9.53. The van der Waals surface area contributed by atoms with Crippen molar-refractivity contribution < 1.29 is 33.7 Å². The Balaban J connectivity index is 1.57. The van der Waals surface area contributed by atoms with Crippen LogP contribution in [0.3, 0.4) is 0 Å². The van der Waals surface area contributed by atoms with Crippen LogP contribution in [0.25, 0.3) is 0 Å². The van der Waals surface area contributed by atoms with Crippen molar-refractivity contribution >= 4 is 17.5 Å². The number of esters is 1. The highest BCUT2D eigenvalue weighted by Crippen LogP contribution is 2.59. The van der Waals surface area contributed by atoms with Gasteiger partial charge in [-0.15, -0.1) is 0 Å². The van der Waals surface area contributed by atoms with Gasteiger partial charge in [-0.25, -0.2) is 0 Å². The van der Waals surface area contributed by atoms with Crippen molar-refractivity contribution in [2.24, 2.45) is 17.3 Å². The molecule has 7 atom stereocenters. The molecule has 0 aromatic heterocycles. The maximum Gasteiger partial charge on any atom is 0.306 e. The van der Waals surface area contributed by atoms with Gasteiger partial charge in [-0.05, 0) is 84.8 Å². The maximum absolute atomic E-state index is 14.0. The van der Waals surface area contributed by atoms with Crippen LogP contribution in [0.5, 0.6) is 0 Å². The molecular weight excluding hydrogens is 520 g/mol. The number of rotatable bonds is 9. The summed E-state index contributed by atoms with van der Waals surface area (Å²) in [6.07, 6.45) is 8.97. The van der Waals surface area contributed by atoms with Gasteiger partial charge in [0.1, 0.15) is 11.7 Å². The highest BCUT2D eigenvalue weighted by molar-refractivity contribution is 6.22. The largest absolute Gasteiger partial charge is 0.483 e. The van der Waals surface area contributed by atoms with Crippen LogP contribution in [-0.4, -0.2) is 52.2 Å². The SMILES string of the molecule is C/C=C(\C)[C@@H](OC(=O)CCCCC)[C@@H](C)C1=CC(=O)C2=C(O[C@]3(C)CC[C@H]4O[C@@H](C(C)(C)O)CC[C@]4(C)[C@H]3C2)C1=O. The van der Waals surface area contributed by atoms with Crippen LogP contribution in [0.2, 0.25) is 0 Å². The molecule has 2 fully saturated rings. The first kappa shape index (κ1) is 31.7. The van der Waals surface area contributed by atoms with Crippen molar-refractivity contribution in [2.75, 3.05) is 0 Å². The Kier molecular flexibility index (Phi) is 9.11. The fraction of sp³-hybridized carbons (Fsp3) is 0.735. The smallest absolute Gasteiger partial charge is 0.306 e. The summed E-state index contributed by atoms with van der Waals surface area (Å²) in [6.45, 7) is 15.6. The normalized spacial score (nSPS) is 33.6. The molecule has 0 radical (unpaired) electrons. The van der Waals surface area contributed by atoms with E-state index in [-0.39, 0.29) is 46.8 Å². The van der Waals surface area contributed by atoms with E-state index in [1.54, 1.807) is 13.8 Å². The number of allylic oxidation sites excluding steroid dienone is 4. The van der Waals surface area contributed by atoms with E-state index in [4.69, 9.17) is 14.2 Å². The van der Waals surface area contributed by atoms with E-state index in [1.165, 1.54) is 6.08 Å². The van der Waals surface area contributed by atoms with E-state index in [9.17, 15) is 19.5 Å². The molecule has 7 heteroatoms. The lowest BCUT2D eigenvalue weighted by molar-refractivity contribution is -0.245. The Hall–Kier alpha value is -2.25. The van der Waals surface area contributed by atoms with Crippen molar-refractivity contribution in [3.63, 3.8) is 0 Å². The highest BCUT2D eigenvalue weighted by atomic mass is 16.5. The summed E-state index contributed by atoms with van der Waals surface area (Å²) in [5.74, 6) is -1.11. The second-order valence-electron chi connectivity index (χ2n) is 13.8. The average molecular weight is 571 g/mol. The van der Waals surface area contributed by atoms with Gasteiger partial charge in [0, 0.05) is 34.8 Å². The number of aliphatic hydroxyl groups is 1. The summed E-state index contributed by atoms with van der Waals surface area (Å²) >= 11 is 0. The van der Waals surface area contributed by atoms with Crippen LogP contribution in [0.1, 0.15) is 113 Å². The van der Waals surface area contributed by atoms with Crippen molar-refractivity contribution in [2.45, 2.75) is 143 Å². The molecule has 7 nitrogen and oxygen atoms in total. The van der Waals surface area contributed by atoms with Crippen LogP contribution in [0, 0.1) is 17.3 Å². The van der Waals surface area contributed by atoms with E-state index >= 15 is 0 Å². The minimum Gasteiger partial charge on any atom is -0.483 e. The molecule has 0 aromatic carbocycles. The van der Waals surface area contributed by atoms with E-state index in [2.05, 4.69) is 20.8 Å². The van der Waals surface area contributed by atoms with Gasteiger partial charge in [0.05, 0.1) is 17.8 Å². The van der Waals surface area contributed by atoms with Gasteiger partial charge >= 0.3 is 5.97 Å². The molecule has 41 heavy (non-hydrogen) atoms. The Morgan fingerprint density at radius 3 is 2.56 bits per heavy atom. The number of unbranched alkanes of at least 4 members (excludes halogenated alkanes) is 2. The third-order valence-corrected chi connectivity index (χ3v) is 10.4. The number of fused-ring (bicyclic) bond motifs is 3. The highest BCUT2D eigenvalue weighted by Gasteiger charge is 2.61. The van der Waals surface area contributed by atoms with Crippen LogP contribution >= 0.6 is 0 Å². The van der Waals surface area contributed by atoms with Gasteiger partial charge in [-0.1, -0.05) is 39.7 Å². The molecule has 0 spiro atoms. The lowest BCUT2D eigenvalue weighted by Crippen LogP contribution is -2.62. The third kappa shape index (κ3) is 5.99. The van der Waals surface area contributed by atoms with Crippen molar-refractivity contribution in [3.05, 3.63) is 34.6 Å². The number of carbonyl (C=O) groups excluding carboxylic acids is 3. The molecule has 1 saturated heterocycles. The zero-order valence-corrected chi connectivity index (χ0v) is 26.3. The molecule has 0 bridgehead atoms. The predicted octanol–water partition coefficient (Wildman–Crippen LogP) is 6.33. The number of ether oxygens (including phenoxy) is 3. The van der Waals surface area contributed by atoms with Crippen LogP contribution in [-0.2, 0) is 28.6 Å². The average Bonchev–Trinajstić information content (AvgIpc) is 2.91. The van der Waals surface area contributed by atoms with Crippen molar-refractivity contribution in [1.29, 1.82) is 0 Å². The molecule has 2 heterocycles. The lowest BCUT2D eigenvalue weighted by Gasteiger charge is -2.60. The second kappa shape index (κ2) is 11.8. The van der Waals surface area contributed by atoms with E-state index < -0.39 is 23.2 Å². The topological polar surface area (TPSA) is 99.1 Å².